The van der Waals surface area contributed by atoms with Crippen LogP contribution in [0.15, 0.2) is 53.4 Å². The number of anilines is 1. The quantitative estimate of drug-likeness (QED) is 0.533. The van der Waals surface area contributed by atoms with E-state index in [9.17, 15) is 26.3 Å². The van der Waals surface area contributed by atoms with E-state index in [1.807, 2.05) is 0 Å². The van der Waals surface area contributed by atoms with Crippen LogP contribution < -0.4 is 5.73 Å². The van der Waals surface area contributed by atoms with Crippen LogP contribution in [0.2, 0.25) is 0 Å². The Hall–Kier alpha value is -2.56. The van der Waals surface area contributed by atoms with Gasteiger partial charge < -0.3 is 5.73 Å². The van der Waals surface area contributed by atoms with Crippen LogP contribution in [-0.2, 0) is 6.18 Å². The fourth-order valence-electron chi connectivity index (χ4n) is 2.60. The molecule has 1 unspecified atom stereocenters. The first-order chi connectivity index (χ1) is 13.0. The second-order valence-corrected chi connectivity index (χ2v) is 6.75. The molecule has 28 heavy (non-hydrogen) atoms. The second kappa shape index (κ2) is 7.12. The number of alkyl halides is 6. The molecule has 148 valence electrons. The molecular formula is C17H11BrF6N4. The van der Waals surface area contributed by atoms with Gasteiger partial charge >= 0.3 is 12.4 Å². The summed E-state index contributed by atoms with van der Waals surface area (Å²) in [6.45, 7) is 0. The van der Waals surface area contributed by atoms with Crippen molar-refractivity contribution in [3.05, 3.63) is 70.3 Å². The van der Waals surface area contributed by atoms with Crippen molar-refractivity contribution in [3.63, 3.8) is 0 Å². The number of pyridine rings is 1. The maximum Gasteiger partial charge on any atom is 0.434 e. The molecule has 0 amide bonds. The highest BCUT2D eigenvalue weighted by Crippen LogP contribution is 2.42. The number of rotatable bonds is 3. The molecular weight excluding hydrogens is 454 g/mol. The molecule has 0 radical (unpaired) electrons. The van der Waals surface area contributed by atoms with E-state index in [2.05, 4.69) is 25.9 Å². The third-order valence-electron chi connectivity index (χ3n) is 3.88. The van der Waals surface area contributed by atoms with Crippen molar-refractivity contribution in [2.45, 2.75) is 18.3 Å². The lowest BCUT2D eigenvalue weighted by molar-refractivity contribution is -0.142. The van der Waals surface area contributed by atoms with E-state index in [0.29, 0.717) is 10.7 Å². The van der Waals surface area contributed by atoms with Gasteiger partial charge in [-0.2, -0.15) is 26.3 Å². The molecule has 0 aliphatic rings. The number of aromatic nitrogens is 3. The highest BCUT2D eigenvalue weighted by atomic mass is 79.9. The lowest BCUT2D eigenvalue weighted by atomic mass is 9.93. The third kappa shape index (κ3) is 4.13. The number of halogens is 7. The van der Waals surface area contributed by atoms with Crippen LogP contribution in [0, 0.1) is 0 Å². The maximum absolute atomic E-state index is 13.8. The predicted octanol–water partition coefficient (Wildman–Crippen LogP) is 5.33. The summed E-state index contributed by atoms with van der Waals surface area (Å²) in [5, 5.41) is 0. The Balaban J connectivity index is 2.10. The van der Waals surface area contributed by atoms with E-state index in [0.717, 1.165) is 10.9 Å². The van der Waals surface area contributed by atoms with E-state index in [1.165, 1.54) is 36.4 Å². The average molecular weight is 465 g/mol. The van der Waals surface area contributed by atoms with Gasteiger partial charge in [0.2, 0.25) is 0 Å². The minimum atomic E-state index is -4.72. The minimum absolute atomic E-state index is 0.103. The summed E-state index contributed by atoms with van der Waals surface area (Å²) >= 11 is 3.15. The van der Waals surface area contributed by atoms with Crippen LogP contribution >= 0.6 is 15.9 Å². The van der Waals surface area contributed by atoms with Crippen molar-refractivity contribution in [2.24, 2.45) is 0 Å². The molecule has 0 fully saturated rings. The van der Waals surface area contributed by atoms with Gasteiger partial charge in [-0.05, 0) is 29.8 Å². The van der Waals surface area contributed by atoms with Gasteiger partial charge in [0.25, 0.3) is 0 Å². The number of hydrogen-bond acceptors (Lipinski definition) is 3. The van der Waals surface area contributed by atoms with Crippen molar-refractivity contribution in [2.75, 3.05) is 5.73 Å². The first kappa shape index (κ1) is 20.2. The summed E-state index contributed by atoms with van der Waals surface area (Å²) in [6, 6.07) is 7.82. The Bertz CT molecular complexity index is 979. The molecule has 0 aliphatic heterocycles. The Morgan fingerprint density at radius 1 is 0.964 bits per heavy atom. The number of benzene rings is 1. The van der Waals surface area contributed by atoms with Gasteiger partial charge in [0.15, 0.2) is 5.69 Å². The predicted molar refractivity (Wildman–Crippen MR) is 92.8 cm³/mol. The number of nitrogens with two attached hydrogens (primary N) is 1. The van der Waals surface area contributed by atoms with Gasteiger partial charge in [-0.3, -0.25) is 4.57 Å². The van der Waals surface area contributed by atoms with Gasteiger partial charge in [0.1, 0.15) is 18.1 Å². The standard InChI is InChI=1S/C17H11BrF6N4/c18-10-3-1-9(2-4-10)14(17(22,23)24)15-11(25)5-6-13(27-15)28-7-12(26-8-28)16(19,20)21/h1-8,14H,25H2. The third-order valence-corrected chi connectivity index (χ3v) is 4.41. The number of nitrogen functional groups attached to an aromatic ring is 1. The summed E-state index contributed by atoms with van der Waals surface area (Å²) in [4.78, 5) is 7.12. The van der Waals surface area contributed by atoms with Crippen molar-refractivity contribution in [1.29, 1.82) is 0 Å². The van der Waals surface area contributed by atoms with Gasteiger partial charge in [0.05, 0.1) is 11.4 Å². The van der Waals surface area contributed by atoms with Gasteiger partial charge in [-0.1, -0.05) is 28.1 Å². The van der Waals surface area contributed by atoms with Crippen molar-refractivity contribution in [1.82, 2.24) is 14.5 Å². The van der Waals surface area contributed by atoms with E-state index in [4.69, 9.17) is 5.73 Å². The average Bonchev–Trinajstić information content (AvgIpc) is 3.08. The molecule has 0 aliphatic carbocycles. The summed E-state index contributed by atoms with van der Waals surface area (Å²) in [6.07, 6.45) is -7.94. The maximum atomic E-state index is 13.8. The Morgan fingerprint density at radius 2 is 1.61 bits per heavy atom. The largest absolute Gasteiger partial charge is 0.434 e. The van der Waals surface area contributed by atoms with Crippen LogP contribution in [0.25, 0.3) is 5.82 Å². The van der Waals surface area contributed by atoms with Gasteiger partial charge in [-0.25, -0.2) is 9.97 Å². The smallest absolute Gasteiger partial charge is 0.397 e. The first-order valence-corrected chi connectivity index (χ1v) is 8.46. The Labute approximate surface area is 163 Å². The van der Waals surface area contributed by atoms with Gasteiger partial charge in [0, 0.05) is 10.7 Å². The molecule has 0 saturated carbocycles. The SMILES string of the molecule is Nc1ccc(-n2cnc(C(F)(F)F)c2)nc1C(c1ccc(Br)cc1)C(F)(F)F. The van der Waals surface area contributed by atoms with Crippen molar-refractivity contribution >= 4 is 21.6 Å². The molecule has 3 rings (SSSR count). The van der Waals surface area contributed by atoms with E-state index in [-0.39, 0.29) is 17.1 Å². The zero-order valence-corrected chi connectivity index (χ0v) is 15.3. The summed E-state index contributed by atoms with van der Waals surface area (Å²) in [5.41, 5.74) is 3.70. The molecule has 0 bridgehead atoms. The lowest BCUT2D eigenvalue weighted by Gasteiger charge is -2.22. The molecule has 1 aromatic carbocycles. The Morgan fingerprint density at radius 3 is 2.14 bits per heavy atom. The van der Waals surface area contributed by atoms with Crippen LogP contribution in [0.3, 0.4) is 0 Å². The fraction of sp³-hybridized carbons (Fsp3) is 0.176. The highest BCUT2D eigenvalue weighted by Gasteiger charge is 2.44. The molecule has 4 nitrogen and oxygen atoms in total. The normalized spacial score (nSPS) is 13.5. The number of imidazole rings is 1. The van der Waals surface area contributed by atoms with E-state index in [1.54, 1.807) is 0 Å². The number of hydrogen-bond donors (Lipinski definition) is 1. The zero-order valence-electron chi connectivity index (χ0n) is 13.8. The summed E-state index contributed by atoms with van der Waals surface area (Å²) in [5.74, 6) is -2.32. The Kier molecular flexibility index (Phi) is 5.13. The molecule has 2 heterocycles. The van der Waals surface area contributed by atoms with E-state index < -0.39 is 29.7 Å². The summed E-state index contributed by atoms with van der Waals surface area (Å²) in [7, 11) is 0. The van der Waals surface area contributed by atoms with Crippen molar-refractivity contribution < 1.29 is 26.3 Å². The first-order valence-electron chi connectivity index (χ1n) is 7.67. The molecule has 2 aromatic heterocycles. The molecule has 11 heteroatoms. The minimum Gasteiger partial charge on any atom is -0.397 e. The molecule has 1 atom stereocenters. The highest BCUT2D eigenvalue weighted by molar-refractivity contribution is 9.10. The molecule has 2 N–H and O–H groups in total. The van der Waals surface area contributed by atoms with Crippen LogP contribution in [0.5, 0.6) is 0 Å². The zero-order chi connectivity index (χ0) is 20.7. The second-order valence-electron chi connectivity index (χ2n) is 5.83. The van der Waals surface area contributed by atoms with E-state index >= 15 is 0 Å². The fourth-order valence-corrected chi connectivity index (χ4v) is 2.87. The summed E-state index contributed by atoms with van der Waals surface area (Å²) < 4.78 is 81.0. The van der Waals surface area contributed by atoms with Crippen molar-refractivity contribution in [3.8, 4) is 5.82 Å². The lowest BCUT2D eigenvalue weighted by Crippen LogP contribution is -2.24. The van der Waals surface area contributed by atoms with Crippen LogP contribution in [-0.4, -0.2) is 20.7 Å². The van der Waals surface area contributed by atoms with Crippen LogP contribution in [0.1, 0.15) is 22.9 Å². The number of nitrogens with zero attached hydrogens (tertiary/aromatic N) is 3. The van der Waals surface area contributed by atoms with Crippen LogP contribution in [0.4, 0.5) is 32.0 Å². The molecule has 0 spiro atoms. The van der Waals surface area contributed by atoms with Gasteiger partial charge in [-0.15, -0.1) is 0 Å². The molecule has 3 aromatic rings. The monoisotopic (exact) mass is 464 g/mol. The molecule has 0 saturated heterocycles. The topological polar surface area (TPSA) is 56.7 Å².